The smallest absolute Gasteiger partial charge is 0.260 e. The molecule has 57 heavy (non-hydrogen) atoms. The Kier molecular flexibility index (Phi) is 9.25. The number of phenolic OH excluding ortho intramolecular Hbond substituents is 1. The minimum atomic E-state index is -1.63. The molecule has 0 bridgehead atoms. The van der Waals surface area contributed by atoms with E-state index in [-0.39, 0.29) is 41.2 Å². The second kappa shape index (κ2) is 14.2. The van der Waals surface area contributed by atoms with Crippen LogP contribution in [0.1, 0.15) is 29.9 Å². The van der Waals surface area contributed by atoms with Crippen LogP contribution in [0.15, 0.2) is 96.6 Å². The number of nitrogens with zero attached hydrogens (tertiary/aromatic N) is 3. The molecule has 2 aliphatic carbocycles. The first-order valence-electron chi connectivity index (χ1n) is 18.8. The zero-order chi connectivity index (χ0) is 39.7. The molecule has 0 radical (unpaired) electrons. The quantitative estimate of drug-likeness (QED) is 0.152. The number of morpholine rings is 1. The molecule has 3 saturated heterocycles. The number of hydrogen-bond acceptors (Lipinski definition) is 9. The molecule has 4 aromatic rings. The van der Waals surface area contributed by atoms with Gasteiger partial charge in [-0.3, -0.25) is 29.5 Å². The number of aromatic hydroxyl groups is 1. The van der Waals surface area contributed by atoms with Gasteiger partial charge >= 0.3 is 0 Å². The Morgan fingerprint density at radius 3 is 2.23 bits per heavy atom. The number of nitrogens with one attached hydrogen (secondary N) is 1. The average Bonchev–Trinajstić information content (AvgIpc) is 3.60. The first kappa shape index (κ1) is 37.2. The predicted octanol–water partition coefficient (Wildman–Crippen LogP) is 6.87. The van der Waals surface area contributed by atoms with Gasteiger partial charge in [0.15, 0.2) is 11.5 Å². The number of imide groups is 2. The molecule has 3 heterocycles. The second-order valence-electron chi connectivity index (χ2n) is 15.1. The molecule has 11 nitrogen and oxygen atoms in total. The van der Waals surface area contributed by atoms with Gasteiger partial charge in [0.05, 0.1) is 59.9 Å². The van der Waals surface area contributed by atoms with Gasteiger partial charge in [-0.25, -0.2) is 4.39 Å². The maximum atomic E-state index is 15.4. The van der Waals surface area contributed by atoms with Crippen molar-refractivity contribution in [3.63, 3.8) is 0 Å². The van der Waals surface area contributed by atoms with E-state index in [1.807, 2.05) is 18.2 Å². The standard InChI is InChI=1S/C43H37Cl2FN4O7/c1-56-35-21-23(20-34(45)38(35)51)37-30-14-15-31-36(41(54)49(39(31)52)29-12-10-28(11-13-29)48-16-18-57-19-17-48)32(30)22-33-40(53)50(47-27-8-6-26(46)7-9-27)42(55)43(33,37)24-2-4-25(44)5-3-24/h2-14,20-21,31-33,36-37,47,51H,15-19,22H2,1H3/t31-,32+,33-,36-,37-,43+/m0/s1. The first-order valence-corrected chi connectivity index (χ1v) is 19.5. The summed E-state index contributed by atoms with van der Waals surface area (Å²) in [5.41, 5.74) is 4.67. The number of benzene rings is 4. The van der Waals surface area contributed by atoms with Crippen molar-refractivity contribution in [2.45, 2.75) is 24.2 Å². The normalized spacial score (nSPS) is 26.9. The van der Waals surface area contributed by atoms with Gasteiger partial charge in [0, 0.05) is 29.7 Å². The highest BCUT2D eigenvalue weighted by molar-refractivity contribution is 6.32. The third kappa shape index (κ3) is 5.79. The van der Waals surface area contributed by atoms with Crippen LogP contribution in [0, 0.1) is 29.5 Å². The van der Waals surface area contributed by atoms with Gasteiger partial charge in [-0.2, -0.15) is 5.01 Å². The van der Waals surface area contributed by atoms with Crippen molar-refractivity contribution in [1.29, 1.82) is 0 Å². The summed E-state index contributed by atoms with van der Waals surface area (Å²) in [6, 6.07) is 22.5. The molecule has 5 aliphatic rings. The molecule has 3 aliphatic heterocycles. The summed E-state index contributed by atoms with van der Waals surface area (Å²) >= 11 is 13.0. The van der Waals surface area contributed by atoms with Crippen LogP contribution in [0.3, 0.4) is 0 Å². The molecule has 4 fully saturated rings. The molecular formula is C43H37Cl2FN4O7. The number of methoxy groups -OCH3 is 1. The molecule has 292 valence electrons. The number of halogens is 3. The molecule has 4 amide bonds. The fourth-order valence-electron chi connectivity index (χ4n) is 9.83. The fraction of sp³-hybridized carbons (Fsp3) is 0.302. The summed E-state index contributed by atoms with van der Waals surface area (Å²) in [4.78, 5) is 62.8. The van der Waals surface area contributed by atoms with Crippen LogP contribution in [0.5, 0.6) is 11.5 Å². The fourth-order valence-corrected chi connectivity index (χ4v) is 10.2. The van der Waals surface area contributed by atoms with Crippen LogP contribution in [0.4, 0.5) is 21.5 Å². The average molecular weight is 812 g/mol. The Labute approximate surface area is 337 Å². The van der Waals surface area contributed by atoms with Crippen LogP contribution < -0.4 is 20.0 Å². The summed E-state index contributed by atoms with van der Waals surface area (Å²) in [5, 5.41) is 12.2. The van der Waals surface area contributed by atoms with Gasteiger partial charge < -0.3 is 19.5 Å². The maximum Gasteiger partial charge on any atom is 0.260 e. The van der Waals surface area contributed by atoms with E-state index in [0.717, 1.165) is 23.8 Å². The number of anilines is 3. The largest absolute Gasteiger partial charge is 0.503 e. The third-order valence-corrected chi connectivity index (χ3v) is 12.9. The number of allylic oxidation sites excluding steroid dienone is 2. The third-order valence-electron chi connectivity index (χ3n) is 12.3. The van der Waals surface area contributed by atoms with E-state index in [4.69, 9.17) is 32.7 Å². The monoisotopic (exact) mass is 810 g/mol. The van der Waals surface area contributed by atoms with Crippen LogP contribution in [-0.2, 0) is 29.3 Å². The first-order chi connectivity index (χ1) is 27.5. The molecule has 1 saturated carbocycles. The molecule has 14 heteroatoms. The summed E-state index contributed by atoms with van der Waals surface area (Å²) in [5.74, 6) is -6.77. The van der Waals surface area contributed by atoms with E-state index in [2.05, 4.69) is 10.3 Å². The summed E-state index contributed by atoms with van der Waals surface area (Å²) in [6.07, 6.45) is 2.20. The van der Waals surface area contributed by atoms with Gasteiger partial charge in [0.25, 0.3) is 11.8 Å². The van der Waals surface area contributed by atoms with Crippen molar-refractivity contribution in [1.82, 2.24) is 5.01 Å². The molecule has 0 spiro atoms. The van der Waals surface area contributed by atoms with Crippen LogP contribution in [0.2, 0.25) is 10.0 Å². The Bertz CT molecular complexity index is 2340. The molecule has 4 aromatic carbocycles. The Balaban J connectivity index is 1.18. The van der Waals surface area contributed by atoms with E-state index in [9.17, 15) is 23.9 Å². The molecule has 6 atom stereocenters. The second-order valence-corrected chi connectivity index (χ2v) is 15.9. The number of carbonyl (C=O) groups excluding carboxylic acids is 4. The van der Waals surface area contributed by atoms with Gasteiger partial charge in [0.2, 0.25) is 11.8 Å². The lowest BCUT2D eigenvalue weighted by Crippen LogP contribution is -2.53. The number of rotatable bonds is 7. The van der Waals surface area contributed by atoms with E-state index in [1.165, 1.54) is 36.3 Å². The number of phenols is 1. The van der Waals surface area contributed by atoms with E-state index in [0.29, 0.717) is 46.3 Å². The number of hydrogen-bond donors (Lipinski definition) is 2. The number of carbonyl (C=O) groups is 4. The van der Waals surface area contributed by atoms with Crippen LogP contribution in [0.25, 0.3) is 0 Å². The zero-order valence-electron chi connectivity index (χ0n) is 30.7. The minimum Gasteiger partial charge on any atom is -0.503 e. The minimum absolute atomic E-state index is 0.0412. The molecule has 0 unspecified atom stereocenters. The van der Waals surface area contributed by atoms with E-state index >= 15 is 4.79 Å². The number of amides is 4. The molecular weight excluding hydrogens is 774 g/mol. The van der Waals surface area contributed by atoms with Crippen LogP contribution in [-0.4, -0.2) is 67.2 Å². The summed E-state index contributed by atoms with van der Waals surface area (Å²) < 4.78 is 25.0. The van der Waals surface area contributed by atoms with Crippen molar-refractivity contribution in [2.24, 2.45) is 23.7 Å². The zero-order valence-corrected chi connectivity index (χ0v) is 32.2. The highest BCUT2D eigenvalue weighted by atomic mass is 35.5. The van der Waals surface area contributed by atoms with E-state index in [1.54, 1.807) is 48.5 Å². The number of hydrazine groups is 1. The summed E-state index contributed by atoms with van der Waals surface area (Å²) in [7, 11) is 1.38. The SMILES string of the molecule is COc1cc([C@H]2C3=CC[C@@H]4C(=O)N(c5ccc(N6CCOCC6)cc5)C(=O)[C@@H]4[C@@H]3C[C@H]3C(=O)N(Nc4ccc(F)cc4)C(=O)[C@@]23c2ccc(Cl)cc2)cc(Cl)c1O. The lowest BCUT2D eigenvalue weighted by atomic mass is 9.49. The molecule has 9 rings (SSSR count). The summed E-state index contributed by atoms with van der Waals surface area (Å²) in [6.45, 7) is 2.70. The Hall–Kier alpha value is -5.43. The van der Waals surface area contributed by atoms with Crippen LogP contribution >= 0.6 is 23.2 Å². The Morgan fingerprint density at radius 2 is 1.54 bits per heavy atom. The van der Waals surface area contributed by atoms with E-state index < -0.39 is 52.6 Å². The van der Waals surface area contributed by atoms with Crippen molar-refractivity contribution < 1.29 is 38.1 Å². The predicted molar refractivity (Wildman–Crippen MR) is 211 cm³/mol. The Morgan fingerprint density at radius 1 is 0.860 bits per heavy atom. The van der Waals surface area contributed by atoms with Crippen molar-refractivity contribution in [3.8, 4) is 11.5 Å². The van der Waals surface area contributed by atoms with Gasteiger partial charge in [-0.05, 0) is 103 Å². The number of ether oxygens (including phenoxy) is 2. The number of fused-ring (bicyclic) bond motifs is 4. The van der Waals surface area contributed by atoms with Gasteiger partial charge in [-0.1, -0.05) is 47.0 Å². The lowest BCUT2D eigenvalue weighted by Gasteiger charge is -2.50. The highest BCUT2D eigenvalue weighted by Gasteiger charge is 2.70. The molecule has 0 aromatic heterocycles. The van der Waals surface area contributed by atoms with Crippen molar-refractivity contribution >= 4 is 63.9 Å². The highest BCUT2D eigenvalue weighted by Crippen LogP contribution is 2.65. The lowest BCUT2D eigenvalue weighted by molar-refractivity contribution is -0.138. The van der Waals surface area contributed by atoms with Crippen molar-refractivity contribution in [2.75, 3.05) is 48.6 Å². The topological polar surface area (TPSA) is 129 Å². The van der Waals surface area contributed by atoms with Gasteiger partial charge in [-0.15, -0.1) is 0 Å². The van der Waals surface area contributed by atoms with Crippen molar-refractivity contribution in [3.05, 3.63) is 124 Å². The molecule has 2 N–H and O–H groups in total. The van der Waals surface area contributed by atoms with Gasteiger partial charge in [0.1, 0.15) is 5.82 Å². The maximum absolute atomic E-state index is 15.4.